The van der Waals surface area contributed by atoms with Crippen molar-refractivity contribution in [3.8, 4) is 0 Å². The van der Waals surface area contributed by atoms with Crippen molar-refractivity contribution >= 4 is 17.9 Å². The summed E-state index contributed by atoms with van der Waals surface area (Å²) in [5.41, 5.74) is -2.68. The SMILES string of the molecule is CCCCC(O)CCCOC(=O)CC(O)(CC(=O)O)C(=O)O. The molecule has 0 amide bonds. The summed E-state index contributed by atoms with van der Waals surface area (Å²) in [5.74, 6) is -4.31. The Labute approximate surface area is 128 Å². The van der Waals surface area contributed by atoms with Gasteiger partial charge in [0, 0.05) is 0 Å². The molecule has 0 aromatic carbocycles. The van der Waals surface area contributed by atoms with Crippen LogP contribution in [-0.2, 0) is 19.1 Å². The predicted molar refractivity (Wildman–Crippen MR) is 75.2 cm³/mol. The summed E-state index contributed by atoms with van der Waals surface area (Å²) < 4.78 is 4.76. The second-order valence-electron chi connectivity index (χ2n) is 5.24. The molecule has 8 nitrogen and oxygen atoms in total. The van der Waals surface area contributed by atoms with Crippen LogP contribution in [0, 0.1) is 0 Å². The van der Waals surface area contributed by atoms with Gasteiger partial charge in [0.1, 0.15) is 0 Å². The summed E-state index contributed by atoms with van der Waals surface area (Å²) in [5, 5.41) is 36.6. The highest BCUT2D eigenvalue weighted by atomic mass is 16.5. The lowest BCUT2D eigenvalue weighted by atomic mass is 9.96. The lowest BCUT2D eigenvalue weighted by Gasteiger charge is -2.20. The van der Waals surface area contributed by atoms with Crippen LogP contribution < -0.4 is 0 Å². The van der Waals surface area contributed by atoms with Gasteiger partial charge in [0.15, 0.2) is 5.60 Å². The molecular weight excluding hydrogens is 296 g/mol. The average Bonchev–Trinajstić information content (AvgIpc) is 2.40. The van der Waals surface area contributed by atoms with E-state index in [1.807, 2.05) is 6.92 Å². The molecule has 0 radical (unpaired) electrons. The number of aliphatic hydroxyl groups is 2. The van der Waals surface area contributed by atoms with Gasteiger partial charge in [-0.3, -0.25) is 9.59 Å². The quantitative estimate of drug-likeness (QED) is 0.301. The molecule has 4 N–H and O–H groups in total. The van der Waals surface area contributed by atoms with Gasteiger partial charge in [0.25, 0.3) is 0 Å². The molecular formula is C14H24O8. The van der Waals surface area contributed by atoms with Gasteiger partial charge in [0.05, 0.1) is 25.6 Å². The molecule has 22 heavy (non-hydrogen) atoms. The van der Waals surface area contributed by atoms with Crippen molar-refractivity contribution < 1.29 is 39.5 Å². The van der Waals surface area contributed by atoms with Crippen LogP contribution in [0.15, 0.2) is 0 Å². The molecule has 8 heteroatoms. The van der Waals surface area contributed by atoms with Crippen LogP contribution >= 0.6 is 0 Å². The van der Waals surface area contributed by atoms with Crippen molar-refractivity contribution in [1.29, 1.82) is 0 Å². The van der Waals surface area contributed by atoms with E-state index in [1.165, 1.54) is 0 Å². The number of carbonyl (C=O) groups is 3. The van der Waals surface area contributed by atoms with Crippen LogP contribution in [0.4, 0.5) is 0 Å². The molecule has 0 rings (SSSR count). The third kappa shape index (κ3) is 8.58. The molecule has 0 aromatic heterocycles. The standard InChI is InChI=1S/C14H24O8/c1-2-3-5-10(15)6-4-7-22-12(18)9-14(21,13(19)20)8-11(16)17/h10,15,21H,2-9H2,1H3,(H,16,17)(H,19,20). The predicted octanol–water partition coefficient (Wildman–Crippen LogP) is 0.541. The molecule has 0 heterocycles. The van der Waals surface area contributed by atoms with Gasteiger partial charge in [-0.2, -0.15) is 0 Å². The molecule has 0 spiro atoms. The van der Waals surface area contributed by atoms with Crippen LogP contribution in [0.3, 0.4) is 0 Å². The fourth-order valence-corrected chi connectivity index (χ4v) is 1.84. The number of aliphatic hydroxyl groups excluding tert-OH is 1. The number of hydrogen-bond acceptors (Lipinski definition) is 6. The Morgan fingerprint density at radius 3 is 2.18 bits per heavy atom. The van der Waals surface area contributed by atoms with Crippen molar-refractivity contribution in [2.24, 2.45) is 0 Å². The molecule has 0 saturated carbocycles. The smallest absolute Gasteiger partial charge is 0.336 e. The topological polar surface area (TPSA) is 141 Å². The van der Waals surface area contributed by atoms with Crippen LogP contribution in [0.5, 0.6) is 0 Å². The van der Waals surface area contributed by atoms with E-state index in [-0.39, 0.29) is 6.61 Å². The number of aliphatic carboxylic acids is 2. The third-order valence-corrected chi connectivity index (χ3v) is 3.11. The molecule has 0 fully saturated rings. The Morgan fingerprint density at radius 1 is 1.09 bits per heavy atom. The molecule has 0 aliphatic rings. The molecule has 0 saturated heterocycles. The van der Waals surface area contributed by atoms with Gasteiger partial charge in [-0.05, 0) is 19.3 Å². The number of carbonyl (C=O) groups excluding carboxylic acids is 1. The van der Waals surface area contributed by atoms with Gasteiger partial charge in [0.2, 0.25) is 0 Å². The second-order valence-corrected chi connectivity index (χ2v) is 5.24. The van der Waals surface area contributed by atoms with E-state index in [0.29, 0.717) is 19.3 Å². The number of ether oxygens (including phenoxy) is 1. The zero-order valence-electron chi connectivity index (χ0n) is 12.7. The van der Waals surface area contributed by atoms with E-state index in [2.05, 4.69) is 0 Å². The van der Waals surface area contributed by atoms with Crippen molar-refractivity contribution in [2.45, 2.75) is 63.6 Å². The zero-order chi connectivity index (χ0) is 17.2. The number of carboxylic acids is 2. The Kier molecular flexibility index (Phi) is 9.35. The Hall–Kier alpha value is -1.67. The molecule has 0 aromatic rings. The van der Waals surface area contributed by atoms with Gasteiger partial charge in [-0.25, -0.2) is 4.79 Å². The maximum Gasteiger partial charge on any atom is 0.336 e. The van der Waals surface area contributed by atoms with Gasteiger partial charge >= 0.3 is 17.9 Å². The van der Waals surface area contributed by atoms with E-state index in [4.69, 9.17) is 14.9 Å². The fourth-order valence-electron chi connectivity index (χ4n) is 1.84. The van der Waals surface area contributed by atoms with Gasteiger partial charge in [-0.15, -0.1) is 0 Å². The summed E-state index contributed by atoms with van der Waals surface area (Å²) in [6.07, 6.45) is 0.904. The summed E-state index contributed by atoms with van der Waals surface area (Å²) in [7, 11) is 0. The minimum absolute atomic E-state index is 0.0230. The molecule has 0 aliphatic carbocycles. The lowest BCUT2D eigenvalue weighted by molar-refractivity contribution is -0.172. The number of unbranched alkanes of at least 4 members (excludes halogenated alkanes) is 1. The Bertz CT molecular complexity index is 381. The van der Waals surface area contributed by atoms with Gasteiger partial charge in [-0.1, -0.05) is 19.8 Å². The van der Waals surface area contributed by atoms with Crippen LogP contribution in [0.25, 0.3) is 0 Å². The molecule has 0 bridgehead atoms. The maximum atomic E-state index is 11.5. The van der Waals surface area contributed by atoms with Crippen molar-refractivity contribution in [1.82, 2.24) is 0 Å². The summed E-state index contributed by atoms with van der Waals surface area (Å²) in [6.45, 7) is 1.99. The van der Waals surface area contributed by atoms with Crippen LogP contribution in [0.1, 0.15) is 51.9 Å². The highest BCUT2D eigenvalue weighted by Crippen LogP contribution is 2.17. The van der Waals surface area contributed by atoms with E-state index in [0.717, 1.165) is 12.8 Å². The maximum absolute atomic E-state index is 11.5. The first-order chi connectivity index (χ1) is 10.2. The monoisotopic (exact) mass is 320 g/mol. The first-order valence-electron chi connectivity index (χ1n) is 7.22. The molecule has 2 unspecified atom stereocenters. The molecule has 0 aliphatic heterocycles. The minimum atomic E-state index is -2.68. The summed E-state index contributed by atoms with van der Waals surface area (Å²) >= 11 is 0. The summed E-state index contributed by atoms with van der Waals surface area (Å²) in [4.78, 5) is 32.8. The zero-order valence-corrected chi connectivity index (χ0v) is 12.7. The van der Waals surface area contributed by atoms with Crippen LogP contribution in [-0.4, -0.2) is 56.6 Å². The van der Waals surface area contributed by atoms with Crippen molar-refractivity contribution in [3.63, 3.8) is 0 Å². The highest BCUT2D eigenvalue weighted by Gasteiger charge is 2.41. The normalized spacial score (nSPS) is 14.9. The fraction of sp³-hybridized carbons (Fsp3) is 0.786. The second kappa shape index (κ2) is 10.1. The first kappa shape index (κ1) is 20.3. The first-order valence-corrected chi connectivity index (χ1v) is 7.22. The number of hydrogen-bond donors (Lipinski definition) is 4. The number of rotatable bonds is 12. The van der Waals surface area contributed by atoms with E-state index in [9.17, 15) is 24.6 Å². The minimum Gasteiger partial charge on any atom is -0.481 e. The Balaban J connectivity index is 4.11. The molecule has 2 atom stereocenters. The lowest BCUT2D eigenvalue weighted by Crippen LogP contribution is -2.43. The van der Waals surface area contributed by atoms with Crippen molar-refractivity contribution in [3.05, 3.63) is 0 Å². The van der Waals surface area contributed by atoms with Crippen molar-refractivity contribution in [2.75, 3.05) is 6.61 Å². The Morgan fingerprint density at radius 2 is 1.68 bits per heavy atom. The van der Waals surface area contributed by atoms with E-state index < -0.39 is 42.5 Å². The van der Waals surface area contributed by atoms with Crippen LogP contribution in [0.2, 0.25) is 0 Å². The van der Waals surface area contributed by atoms with Gasteiger partial charge < -0.3 is 25.2 Å². The summed E-state index contributed by atoms with van der Waals surface area (Å²) in [6, 6.07) is 0. The van der Waals surface area contributed by atoms with E-state index >= 15 is 0 Å². The third-order valence-electron chi connectivity index (χ3n) is 3.11. The van der Waals surface area contributed by atoms with E-state index in [1.54, 1.807) is 0 Å². The number of esters is 1. The average molecular weight is 320 g/mol. The number of carboxylic acid groups (broad SMARTS) is 2. The largest absolute Gasteiger partial charge is 0.481 e. The highest BCUT2D eigenvalue weighted by molar-refractivity contribution is 5.88. The molecule has 128 valence electrons.